The molecule has 0 saturated carbocycles. The molecule has 2 aromatic carbocycles. The van der Waals surface area contributed by atoms with E-state index in [2.05, 4.69) is 32.8 Å². The minimum Gasteiger partial charge on any atom is -0.349 e. The number of piperidine rings is 1. The van der Waals surface area contributed by atoms with Crippen molar-refractivity contribution in [2.24, 2.45) is 0 Å². The quantitative estimate of drug-likeness (QED) is 0.633. The molecule has 0 bridgehead atoms. The third-order valence-corrected chi connectivity index (χ3v) is 5.41. The van der Waals surface area contributed by atoms with Crippen LogP contribution >= 0.6 is 22.6 Å². The van der Waals surface area contributed by atoms with E-state index in [9.17, 15) is 18.0 Å². The molecule has 3 nitrogen and oxygen atoms in total. The number of hydrogen-bond donors (Lipinski definition) is 1. The van der Waals surface area contributed by atoms with Gasteiger partial charge in [0, 0.05) is 34.8 Å². The van der Waals surface area contributed by atoms with E-state index in [1.165, 1.54) is 12.1 Å². The maximum absolute atomic E-state index is 12.8. The van der Waals surface area contributed by atoms with E-state index in [1.807, 2.05) is 12.1 Å². The van der Waals surface area contributed by atoms with Crippen molar-refractivity contribution in [3.05, 3.63) is 68.8 Å². The maximum Gasteiger partial charge on any atom is 0.416 e. The van der Waals surface area contributed by atoms with Gasteiger partial charge in [0.1, 0.15) is 0 Å². The molecule has 0 aromatic heterocycles. The van der Waals surface area contributed by atoms with Crippen molar-refractivity contribution in [3.8, 4) is 0 Å². The number of carbonyl (C=O) groups excluding carboxylic acids is 1. The molecule has 0 atom stereocenters. The smallest absolute Gasteiger partial charge is 0.349 e. The molecular formula is C20H20F3IN2O. The summed E-state index contributed by atoms with van der Waals surface area (Å²) in [5, 5.41) is 3.05. The molecule has 1 N–H and O–H groups in total. The molecule has 1 aliphatic heterocycles. The lowest BCUT2D eigenvalue weighted by molar-refractivity contribution is -0.137. The summed E-state index contributed by atoms with van der Waals surface area (Å²) < 4.78 is 39.6. The van der Waals surface area contributed by atoms with Crippen molar-refractivity contribution in [2.45, 2.75) is 31.6 Å². The fraction of sp³-hybridized carbons (Fsp3) is 0.350. The zero-order chi connectivity index (χ0) is 19.4. The summed E-state index contributed by atoms with van der Waals surface area (Å²) in [7, 11) is 0. The molecule has 0 radical (unpaired) electrons. The van der Waals surface area contributed by atoms with E-state index in [0.29, 0.717) is 17.7 Å². The molecule has 0 unspecified atom stereocenters. The molecule has 0 spiro atoms. The van der Waals surface area contributed by atoms with Crippen LogP contribution in [0.3, 0.4) is 0 Å². The normalized spacial score (nSPS) is 16.3. The predicted molar refractivity (Wildman–Crippen MR) is 106 cm³/mol. The summed E-state index contributed by atoms with van der Waals surface area (Å²) in [6.07, 6.45) is -2.74. The number of amides is 1. The van der Waals surface area contributed by atoms with Gasteiger partial charge in [0.2, 0.25) is 0 Å². The minimum absolute atomic E-state index is 0.0808. The van der Waals surface area contributed by atoms with E-state index >= 15 is 0 Å². The Bertz CT molecular complexity index is 785. The number of rotatable bonds is 4. The monoisotopic (exact) mass is 488 g/mol. The maximum atomic E-state index is 12.8. The van der Waals surface area contributed by atoms with Crippen LogP contribution in [0.15, 0.2) is 48.5 Å². The molecule has 1 saturated heterocycles. The third-order valence-electron chi connectivity index (χ3n) is 4.69. The standard InChI is InChI=1S/C20H20F3IN2O/c21-20(22,23)16-3-1-2-14(12-16)13-26-10-8-18(9-11-26)25-19(27)15-4-6-17(24)7-5-15/h1-7,12,18H,8-11,13H2,(H,25,27). The Kier molecular flexibility index (Phi) is 6.41. The highest BCUT2D eigenvalue weighted by Gasteiger charge is 2.30. The first-order valence-corrected chi connectivity index (χ1v) is 9.84. The first kappa shape index (κ1) is 20.1. The number of nitrogens with zero attached hydrogens (tertiary/aromatic N) is 1. The van der Waals surface area contributed by atoms with Crippen LogP contribution in [0.5, 0.6) is 0 Å². The molecule has 1 fully saturated rings. The van der Waals surface area contributed by atoms with Gasteiger partial charge in [0.05, 0.1) is 5.56 Å². The lowest BCUT2D eigenvalue weighted by Gasteiger charge is -2.32. The minimum atomic E-state index is -4.32. The van der Waals surface area contributed by atoms with Crippen LogP contribution in [0.4, 0.5) is 13.2 Å². The summed E-state index contributed by atoms with van der Waals surface area (Å²) in [5.74, 6) is -0.0808. The molecule has 0 aliphatic carbocycles. The summed E-state index contributed by atoms with van der Waals surface area (Å²) in [6.45, 7) is 1.98. The zero-order valence-electron chi connectivity index (χ0n) is 14.6. The molecule has 7 heteroatoms. The number of halogens is 4. The molecule has 27 heavy (non-hydrogen) atoms. The van der Waals surface area contributed by atoms with Crippen molar-refractivity contribution in [1.82, 2.24) is 10.2 Å². The Morgan fingerprint density at radius 1 is 1.11 bits per heavy atom. The molecule has 1 aliphatic rings. The van der Waals surface area contributed by atoms with Gasteiger partial charge in [-0.2, -0.15) is 13.2 Å². The summed E-state index contributed by atoms with van der Waals surface area (Å²) in [6, 6.07) is 13.0. The van der Waals surface area contributed by atoms with Crippen LogP contribution in [-0.2, 0) is 12.7 Å². The van der Waals surface area contributed by atoms with E-state index in [-0.39, 0.29) is 11.9 Å². The first-order valence-electron chi connectivity index (χ1n) is 8.76. The largest absolute Gasteiger partial charge is 0.416 e. The highest BCUT2D eigenvalue weighted by molar-refractivity contribution is 14.1. The molecule has 1 heterocycles. The van der Waals surface area contributed by atoms with Gasteiger partial charge < -0.3 is 5.32 Å². The topological polar surface area (TPSA) is 32.3 Å². The summed E-state index contributed by atoms with van der Waals surface area (Å²) in [4.78, 5) is 14.4. The Hall–Kier alpha value is -1.61. The van der Waals surface area contributed by atoms with Gasteiger partial charge in [-0.25, -0.2) is 0 Å². The van der Waals surface area contributed by atoms with Gasteiger partial charge in [-0.1, -0.05) is 18.2 Å². The molecule has 2 aromatic rings. The average molecular weight is 488 g/mol. The number of hydrogen-bond acceptors (Lipinski definition) is 2. The van der Waals surface area contributed by atoms with Gasteiger partial charge in [0.15, 0.2) is 0 Å². The molecule has 3 rings (SSSR count). The molecule has 1 amide bonds. The van der Waals surface area contributed by atoms with Crippen LogP contribution in [0.25, 0.3) is 0 Å². The van der Waals surface area contributed by atoms with Crippen molar-refractivity contribution in [3.63, 3.8) is 0 Å². The van der Waals surface area contributed by atoms with Crippen LogP contribution < -0.4 is 5.32 Å². The van der Waals surface area contributed by atoms with Gasteiger partial charge in [-0.15, -0.1) is 0 Å². The van der Waals surface area contributed by atoms with Crippen molar-refractivity contribution in [2.75, 3.05) is 13.1 Å². The predicted octanol–water partition coefficient (Wildman–Crippen LogP) is 4.70. The number of nitrogens with one attached hydrogen (secondary N) is 1. The van der Waals surface area contributed by atoms with E-state index in [1.54, 1.807) is 18.2 Å². The second kappa shape index (κ2) is 8.60. The second-order valence-corrected chi connectivity index (χ2v) is 7.97. The van der Waals surface area contributed by atoms with Crippen LogP contribution in [0.1, 0.15) is 34.3 Å². The lowest BCUT2D eigenvalue weighted by Crippen LogP contribution is -2.44. The lowest BCUT2D eigenvalue weighted by atomic mass is 10.0. The summed E-state index contributed by atoms with van der Waals surface area (Å²) >= 11 is 2.19. The second-order valence-electron chi connectivity index (χ2n) is 6.73. The highest BCUT2D eigenvalue weighted by atomic mass is 127. The van der Waals surface area contributed by atoms with E-state index in [4.69, 9.17) is 0 Å². The van der Waals surface area contributed by atoms with Gasteiger partial charge in [-0.05, 0) is 71.3 Å². The third kappa shape index (κ3) is 5.68. The average Bonchev–Trinajstić information content (AvgIpc) is 2.63. The fourth-order valence-electron chi connectivity index (χ4n) is 3.21. The van der Waals surface area contributed by atoms with Crippen molar-refractivity contribution >= 4 is 28.5 Å². The van der Waals surface area contributed by atoms with Crippen molar-refractivity contribution < 1.29 is 18.0 Å². The number of alkyl halides is 3. The first-order chi connectivity index (χ1) is 12.8. The van der Waals surface area contributed by atoms with E-state index < -0.39 is 11.7 Å². The van der Waals surface area contributed by atoms with Gasteiger partial charge in [-0.3, -0.25) is 9.69 Å². The van der Waals surface area contributed by atoms with Crippen LogP contribution in [0.2, 0.25) is 0 Å². The number of likely N-dealkylation sites (tertiary alicyclic amines) is 1. The highest BCUT2D eigenvalue weighted by Crippen LogP contribution is 2.30. The van der Waals surface area contributed by atoms with Crippen molar-refractivity contribution in [1.29, 1.82) is 0 Å². The Labute approximate surface area is 170 Å². The Morgan fingerprint density at radius 2 is 1.78 bits per heavy atom. The fourth-order valence-corrected chi connectivity index (χ4v) is 3.57. The van der Waals surface area contributed by atoms with Crippen LogP contribution in [-0.4, -0.2) is 29.9 Å². The van der Waals surface area contributed by atoms with Crippen LogP contribution in [0, 0.1) is 3.57 Å². The molecular weight excluding hydrogens is 468 g/mol. The van der Waals surface area contributed by atoms with Gasteiger partial charge >= 0.3 is 6.18 Å². The Morgan fingerprint density at radius 3 is 2.41 bits per heavy atom. The SMILES string of the molecule is O=C(NC1CCN(Cc2cccc(C(F)(F)F)c2)CC1)c1ccc(I)cc1. The van der Waals surface area contributed by atoms with Gasteiger partial charge in [0.25, 0.3) is 5.91 Å². The number of carbonyl (C=O) groups is 1. The van der Waals surface area contributed by atoms with E-state index in [0.717, 1.165) is 35.6 Å². The Balaban J connectivity index is 1.50. The zero-order valence-corrected chi connectivity index (χ0v) is 16.8. The molecule has 144 valence electrons. The number of benzene rings is 2. The summed E-state index contributed by atoms with van der Waals surface area (Å²) in [5.41, 5.74) is 0.688.